The summed E-state index contributed by atoms with van der Waals surface area (Å²) in [4.78, 5) is 15.0. The number of hydrogen-bond donors (Lipinski definition) is 1. The monoisotopic (exact) mass is 292 g/mol. The molecule has 0 radical (unpaired) electrons. The quantitative estimate of drug-likeness (QED) is 0.829. The minimum atomic E-state index is -0.0244. The van der Waals surface area contributed by atoms with Crippen molar-refractivity contribution in [3.8, 4) is 0 Å². The molecule has 1 saturated heterocycles. The van der Waals surface area contributed by atoms with Gasteiger partial charge in [-0.3, -0.25) is 4.79 Å². The van der Waals surface area contributed by atoms with Crippen LogP contribution in [0.25, 0.3) is 0 Å². The lowest BCUT2D eigenvalue weighted by molar-refractivity contribution is 0.397. The maximum Gasteiger partial charge on any atom is 0.268 e. The summed E-state index contributed by atoms with van der Waals surface area (Å²) in [5.74, 6) is 0. The molecule has 2 fully saturated rings. The van der Waals surface area contributed by atoms with E-state index in [0.717, 1.165) is 31.6 Å². The molecule has 2 aliphatic rings. The molecule has 1 aromatic heterocycles. The summed E-state index contributed by atoms with van der Waals surface area (Å²) in [6.07, 6.45) is 7.06. The van der Waals surface area contributed by atoms with Crippen molar-refractivity contribution in [2.45, 2.75) is 38.6 Å². The van der Waals surface area contributed by atoms with Crippen LogP contribution in [-0.4, -0.2) is 27.9 Å². The van der Waals surface area contributed by atoms with E-state index in [1.165, 1.54) is 12.8 Å². The Hall–Kier alpha value is -1.43. The van der Waals surface area contributed by atoms with Gasteiger partial charge in [-0.15, -0.1) is 0 Å². The Kier molecular flexibility index (Phi) is 3.50. The largest absolute Gasteiger partial charge is 0.393 e. The minimum Gasteiger partial charge on any atom is -0.393 e. The first kappa shape index (κ1) is 13.5. The Morgan fingerprint density at radius 2 is 2.10 bits per heavy atom. The highest BCUT2D eigenvalue weighted by molar-refractivity contribution is 7.80. The number of thiocarbonyl (C=S) groups is 1. The molecule has 6 heteroatoms. The molecular weight excluding hydrogens is 272 g/mol. The van der Waals surface area contributed by atoms with Gasteiger partial charge in [0, 0.05) is 25.6 Å². The van der Waals surface area contributed by atoms with Crippen molar-refractivity contribution in [1.29, 1.82) is 0 Å². The van der Waals surface area contributed by atoms with Gasteiger partial charge in [-0.1, -0.05) is 12.2 Å². The Morgan fingerprint density at radius 3 is 2.65 bits per heavy atom. The highest BCUT2D eigenvalue weighted by atomic mass is 32.1. The number of rotatable bonds is 5. The van der Waals surface area contributed by atoms with Crippen LogP contribution in [0, 0.1) is 5.41 Å². The number of hydrogen-bond acceptors (Lipinski definition) is 4. The molecular formula is C14H20N4OS. The highest BCUT2D eigenvalue weighted by Gasteiger charge is 2.43. The molecule has 0 aromatic carbocycles. The molecule has 0 unspecified atom stereocenters. The van der Waals surface area contributed by atoms with E-state index in [4.69, 9.17) is 18.0 Å². The summed E-state index contributed by atoms with van der Waals surface area (Å²) in [6, 6.07) is 1.70. The summed E-state index contributed by atoms with van der Waals surface area (Å²) < 4.78 is 1.56. The lowest BCUT2D eigenvalue weighted by Crippen LogP contribution is -2.30. The summed E-state index contributed by atoms with van der Waals surface area (Å²) in [7, 11) is 0. The van der Waals surface area contributed by atoms with Crippen LogP contribution in [0.2, 0.25) is 0 Å². The van der Waals surface area contributed by atoms with Gasteiger partial charge in [0.05, 0.1) is 23.4 Å². The number of anilines is 1. The third-order valence-corrected chi connectivity index (χ3v) is 4.46. The van der Waals surface area contributed by atoms with Gasteiger partial charge in [0.15, 0.2) is 0 Å². The summed E-state index contributed by atoms with van der Waals surface area (Å²) >= 11 is 4.99. The van der Waals surface area contributed by atoms with E-state index in [1.807, 2.05) is 6.20 Å². The molecule has 0 atom stereocenters. The van der Waals surface area contributed by atoms with Gasteiger partial charge in [0.25, 0.3) is 5.56 Å². The van der Waals surface area contributed by atoms with Crippen molar-refractivity contribution in [2.24, 2.45) is 11.1 Å². The van der Waals surface area contributed by atoms with Crippen molar-refractivity contribution >= 4 is 22.9 Å². The SMILES string of the molecule is NC(=S)CC1(Cn2ncc(N3CCCC3)cc2=O)CC1. The second-order valence-corrected chi connectivity index (χ2v) is 6.57. The molecule has 5 nitrogen and oxygen atoms in total. The normalized spacial score (nSPS) is 20.1. The molecule has 1 saturated carbocycles. The molecule has 108 valence electrons. The van der Waals surface area contributed by atoms with Crippen LogP contribution < -0.4 is 16.2 Å². The molecule has 0 spiro atoms. The van der Waals surface area contributed by atoms with E-state index in [-0.39, 0.29) is 11.0 Å². The standard InChI is InChI=1S/C14H20N4OS/c15-12(20)8-14(3-4-14)10-18-13(19)7-11(9-16-18)17-5-1-2-6-17/h7,9H,1-6,8,10H2,(H2,15,20). The van der Waals surface area contributed by atoms with E-state index in [2.05, 4.69) is 10.00 Å². The van der Waals surface area contributed by atoms with E-state index in [1.54, 1.807) is 10.7 Å². The Balaban J connectivity index is 1.74. The van der Waals surface area contributed by atoms with Crippen LogP contribution in [0.15, 0.2) is 17.1 Å². The van der Waals surface area contributed by atoms with Gasteiger partial charge in [-0.05, 0) is 31.1 Å². The zero-order valence-corrected chi connectivity index (χ0v) is 12.4. The van der Waals surface area contributed by atoms with Gasteiger partial charge >= 0.3 is 0 Å². The van der Waals surface area contributed by atoms with Crippen LogP contribution in [0.1, 0.15) is 32.1 Å². The van der Waals surface area contributed by atoms with Crippen LogP contribution in [0.3, 0.4) is 0 Å². The lowest BCUT2D eigenvalue weighted by Gasteiger charge is -2.19. The first-order valence-electron chi connectivity index (χ1n) is 7.18. The number of nitrogens with two attached hydrogens (primary N) is 1. The fourth-order valence-electron chi connectivity index (χ4n) is 2.95. The molecule has 0 bridgehead atoms. The minimum absolute atomic E-state index is 0.0244. The second kappa shape index (κ2) is 5.16. The molecule has 3 rings (SSSR count). The number of aromatic nitrogens is 2. The van der Waals surface area contributed by atoms with Crippen molar-refractivity contribution < 1.29 is 0 Å². The van der Waals surface area contributed by atoms with Gasteiger partial charge in [-0.2, -0.15) is 5.10 Å². The molecule has 2 heterocycles. The molecule has 2 N–H and O–H groups in total. The van der Waals surface area contributed by atoms with Crippen LogP contribution in [-0.2, 0) is 6.54 Å². The first-order chi connectivity index (χ1) is 9.58. The van der Waals surface area contributed by atoms with Crippen molar-refractivity contribution in [2.75, 3.05) is 18.0 Å². The zero-order valence-electron chi connectivity index (χ0n) is 11.5. The fraction of sp³-hybridized carbons (Fsp3) is 0.643. The van der Waals surface area contributed by atoms with E-state index in [9.17, 15) is 4.79 Å². The van der Waals surface area contributed by atoms with Gasteiger partial charge < -0.3 is 10.6 Å². The summed E-state index contributed by atoms with van der Waals surface area (Å²) in [6.45, 7) is 2.68. The fourth-order valence-corrected chi connectivity index (χ4v) is 3.25. The Labute approximate surface area is 123 Å². The molecule has 1 aliphatic carbocycles. The van der Waals surface area contributed by atoms with Gasteiger partial charge in [0.1, 0.15) is 0 Å². The van der Waals surface area contributed by atoms with Crippen molar-refractivity contribution in [1.82, 2.24) is 9.78 Å². The van der Waals surface area contributed by atoms with Gasteiger partial charge in [-0.25, -0.2) is 4.68 Å². The van der Waals surface area contributed by atoms with E-state index in [0.29, 0.717) is 18.0 Å². The van der Waals surface area contributed by atoms with Crippen LogP contribution >= 0.6 is 12.2 Å². The molecule has 20 heavy (non-hydrogen) atoms. The van der Waals surface area contributed by atoms with Crippen LogP contribution in [0.4, 0.5) is 5.69 Å². The second-order valence-electron chi connectivity index (χ2n) is 6.05. The maximum atomic E-state index is 12.2. The molecule has 0 amide bonds. The lowest BCUT2D eigenvalue weighted by atomic mass is 10.0. The summed E-state index contributed by atoms with van der Waals surface area (Å²) in [5.41, 5.74) is 6.64. The topological polar surface area (TPSA) is 64.2 Å². The third kappa shape index (κ3) is 2.85. The van der Waals surface area contributed by atoms with Crippen molar-refractivity contribution in [3.05, 3.63) is 22.6 Å². The Morgan fingerprint density at radius 1 is 1.40 bits per heavy atom. The first-order valence-corrected chi connectivity index (χ1v) is 7.59. The average molecular weight is 292 g/mol. The smallest absolute Gasteiger partial charge is 0.268 e. The average Bonchev–Trinajstić information content (AvgIpc) is 2.92. The predicted octanol–water partition coefficient (Wildman–Crippen LogP) is 1.30. The number of nitrogens with zero attached hydrogens (tertiary/aromatic N) is 3. The maximum absolute atomic E-state index is 12.2. The highest BCUT2D eigenvalue weighted by Crippen LogP contribution is 2.49. The molecule has 1 aliphatic heterocycles. The zero-order chi connectivity index (χ0) is 14.2. The predicted molar refractivity (Wildman–Crippen MR) is 83.0 cm³/mol. The van der Waals surface area contributed by atoms with E-state index < -0.39 is 0 Å². The molecule has 1 aromatic rings. The van der Waals surface area contributed by atoms with Crippen LogP contribution in [0.5, 0.6) is 0 Å². The van der Waals surface area contributed by atoms with Gasteiger partial charge in [0.2, 0.25) is 0 Å². The Bertz CT molecular complexity index is 573. The third-order valence-electron chi connectivity index (χ3n) is 4.32. The van der Waals surface area contributed by atoms with Crippen molar-refractivity contribution in [3.63, 3.8) is 0 Å². The van der Waals surface area contributed by atoms with E-state index >= 15 is 0 Å². The summed E-state index contributed by atoms with van der Waals surface area (Å²) in [5, 5.41) is 4.33.